The highest BCUT2D eigenvalue weighted by molar-refractivity contribution is 4.75. The molecule has 0 aromatic heterocycles. The molecule has 2 aliphatic rings. The highest BCUT2D eigenvalue weighted by Crippen LogP contribution is 2.22. The van der Waals surface area contributed by atoms with Crippen molar-refractivity contribution in [2.24, 2.45) is 0 Å². The average Bonchev–Trinajstić information content (AvgIpc) is 2.87. The lowest BCUT2D eigenvalue weighted by molar-refractivity contribution is 0.0268. The molecule has 2 heterocycles. The van der Waals surface area contributed by atoms with Gasteiger partial charge in [0.25, 0.3) is 0 Å². The Morgan fingerprint density at radius 3 is 2.93 bits per heavy atom. The monoisotopic (exact) mass is 198 g/mol. The van der Waals surface area contributed by atoms with Crippen molar-refractivity contribution < 1.29 is 4.74 Å². The van der Waals surface area contributed by atoms with Gasteiger partial charge in [0.05, 0.1) is 12.8 Å². The topological polar surface area (TPSA) is 15.2 Å². The lowest BCUT2D eigenvalue weighted by atomic mass is 10.1. The van der Waals surface area contributed by atoms with Crippen LogP contribution in [0.15, 0.2) is 0 Å². The number of ether oxygens (including phenoxy) is 1. The summed E-state index contributed by atoms with van der Waals surface area (Å²) in [5.41, 5.74) is 0. The second kappa shape index (κ2) is 5.10. The van der Waals surface area contributed by atoms with Gasteiger partial charge < -0.3 is 4.74 Å². The SMILES string of the molecule is CCCCOC1CCCN2CN2CC1. The fraction of sp³-hybridized carbons (Fsp3) is 1.00. The normalized spacial score (nSPS) is 37.1. The van der Waals surface area contributed by atoms with Gasteiger partial charge in [-0.2, -0.15) is 0 Å². The molecule has 3 unspecified atom stereocenters. The second-order valence-electron chi connectivity index (χ2n) is 4.38. The Balaban J connectivity index is 1.64. The van der Waals surface area contributed by atoms with Crippen molar-refractivity contribution in [2.45, 2.75) is 45.1 Å². The maximum absolute atomic E-state index is 5.88. The van der Waals surface area contributed by atoms with Crippen molar-refractivity contribution in [2.75, 3.05) is 26.4 Å². The first-order valence-electron chi connectivity index (χ1n) is 6.01. The Kier molecular flexibility index (Phi) is 3.79. The van der Waals surface area contributed by atoms with E-state index in [1.54, 1.807) is 0 Å². The summed E-state index contributed by atoms with van der Waals surface area (Å²) in [5, 5.41) is 4.86. The predicted molar refractivity (Wildman–Crippen MR) is 56.8 cm³/mol. The summed E-state index contributed by atoms with van der Waals surface area (Å²) in [6, 6.07) is 0. The van der Waals surface area contributed by atoms with Crippen LogP contribution in [0.3, 0.4) is 0 Å². The van der Waals surface area contributed by atoms with E-state index in [0.717, 1.165) is 6.61 Å². The third-order valence-corrected chi connectivity index (χ3v) is 3.14. The van der Waals surface area contributed by atoms with Crippen molar-refractivity contribution in [3.63, 3.8) is 0 Å². The number of hydrogen-bond donors (Lipinski definition) is 0. The van der Waals surface area contributed by atoms with E-state index in [1.165, 1.54) is 51.9 Å². The summed E-state index contributed by atoms with van der Waals surface area (Å²) in [6.07, 6.45) is 6.77. The number of fused-ring (bicyclic) bond motifs is 1. The molecule has 0 amide bonds. The van der Waals surface area contributed by atoms with Crippen molar-refractivity contribution in [1.29, 1.82) is 0 Å². The first-order valence-corrected chi connectivity index (χ1v) is 6.01. The molecule has 3 heteroatoms. The molecule has 3 atom stereocenters. The zero-order chi connectivity index (χ0) is 9.80. The maximum Gasteiger partial charge on any atom is 0.0787 e. The molecule has 2 aliphatic heterocycles. The van der Waals surface area contributed by atoms with Crippen molar-refractivity contribution in [3.8, 4) is 0 Å². The zero-order valence-electron chi connectivity index (χ0n) is 9.24. The lowest BCUT2D eigenvalue weighted by Gasteiger charge is -2.20. The first-order chi connectivity index (χ1) is 6.90. The summed E-state index contributed by atoms with van der Waals surface area (Å²) < 4.78 is 5.88. The largest absolute Gasteiger partial charge is 0.378 e. The van der Waals surface area contributed by atoms with E-state index in [0.29, 0.717) is 6.10 Å². The minimum atomic E-state index is 0.532. The quantitative estimate of drug-likeness (QED) is 0.506. The molecule has 2 saturated heterocycles. The smallest absolute Gasteiger partial charge is 0.0787 e. The standard InChI is InChI=1S/C11H22N2O/c1-2-3-9-14-11-5-4-7-12-10-13(12)8-6-11/h11H,2-10H2,1H3. The van der Waals surface area contributed by atoms with Crippen LogP contribution in [0.2, 0.25) is 0 Å². The molecule has 3 nitrogen and oxygen atoms in total. The third kappa shape index (κ3) is 2.94. The van der Waals surface area contributed by atoms with Crippen LogP contribution in [0, 0.1) is 0 Å². The molecule has 0 aromatic rings. The Morgan fingerprint density at radius 2 is 2.07 bits per heavy atom. The van der Waals surface area contributed by atoms with Crippen LogP contribution in [-0.2, 0) is 4.74 Å². The van der Waals surface area contributed by atoms with Crippen LogP contribution in [-0.4, -0.2) is 42.5 Å². The van der Waals surface area contributed by atoms with Crippen LogP contribution in [0.1, 0.15) is 39.0 Å². The number of unbranched alkanes of at least 4 members (excludes halogenated alkanes) is 1. The van der Waals surface area contributed by atoms with Crippen LogP contribution in [0.25, 0.3) is 0 Å². The molecule has 14 heavy (non-hydrogen) atoms. The van der Waals surface area contributed by atoms with Gasteiger partial charge in [-0.1, -0.05) is 13.3 Å². The van der Waals surface area contributed by atoms with Crippen molar-refractivity contribution in [1.82, 2.24) is 10.0 Å². The van der Waals surface area contributed by atoms with E-state index < -0.39 is 0 Å². The van der Waals surface area contributed by atoms with E-state index in [9.17, 15) is 0 Å². The summed E-state index contributed by atoms with van der Waals surface area (Å²) in [5.74, 6) is 0. The van der Waals surface area contributed by atoms with Gasteiger partial charge in [0.1, 0.15) is 0 Å². The Morgan fingerprint density at radius 1 is 1.21 bits per heavy atom. The molecular weight excluding hydrogens is 176 g/mol. The maximum atomic E-state index is 5.88. The lowest BCUT2D eigenvalue weighted by Crippen LogP contribution is -2.23. The van der Waals surface area contributed by atoms with E-state index >= 15 is 0 Å². The fourth-order valence-electron chi connectivity index (χ4n) is 2.08. The van der Waals surface area contributed by atoms with Crippen LogP contribution >= 0.6 is 0 Å². The minimum absolute atomic E-state index is 0.532. The van der Waals surface area contributed by atoms with E-state index in [4.69, 9.17) is 4.74 Å². The molecule has 0 radical (unpaired) electrons. The molecular formula is C11H22N2O. The van der Waals surface area contributed by atoms with Gasteiger partial charge in [0.2, 0.25) is 0 Å². The molecule has 82 valence electrons. The van der Waals surface area contributed by atoms with Gasteiger partial charge in [-0.25, -0.2) is 10.0 Å². The van der Waals surface area contributed by atoms with Crippen LogP contribution in [0.5, 0.6) is 0 Å². The van der Waals surface area contributed by atoms with Crippen molar-refractivity contribution >= 4 is 0 Å². The molecule has 2 rings (SSSR count). The van der Waals surface area contributed by atoms with E-state index in [2.05, 4.69) is 16.9 Å². The Bertz CT molecular complexity index is 175. The molecule has 0 aliphatic carbocycles. The summed E-state index contributed by atoms with van der Waals surface area (Å²) in [4.78, 5) is 0. The molecule has 0 bridgehead atoms. The summed E-state index contributed by atoms with van der Waals surface area (Å²) >= 11 is 0. The van der Waals surface area contributed by atoms with Crippen LogP contribution < -0.4 is 0 Å². The molecule has 2 fully saturated rings. The highest BCUT2D eigenvalue weighted by Gasteiger charge is 2.32. The van der Waals surface area contributed by atoms with Gasteiger partial charge in [-0.05, 0) is 25.7 Å². The Hall–Kier alpha value is -0.120. The zero-order valence-corrected chi connectivity index (χ0v) is 9.24. The summed E-state index contributed by atoms with van der Waals surface area (Å²) in [7, 11) is 0. The number of hydrogen-bond acceptors (Lipinski definition) is 3. The Labute approximate surface area is 87.0 Å². The minimum Gasteiger partial charge on any atom is -0.378 e. The number of hydrazine groups is 1. The second-order valence-corrected chi connectivity index (χ2v) is 4.38. The van der Waals surface area contributed by atoms with Gasteiger partial charge in [-0.3, -0.25) is 0 Å². The fourth-order valence-corrected chi connectivity index (χ4v) is 2.08. The van der Waals surface area contributed by atoms with E-state index in [1.807, 2.05) is 0 Å². The molecule has 0 saturated carbocycles. The van der Waals surface area contributed by atoms with Gasteiger partial charge >= 0.3 is 0 Å². The number of rotatable bonds is 4. The van der Waals surface area contributed by atoms with Crippen LogP contribution in [0.4, 0.5) is 0 Å². The van der Waals surface area contributed by atoms with Gasteiger partial charge in [0.15, 0.2) is 0 Å². The third-order valence-electron chi connectivity index (χ3n) is 3.14. The van der Waals surface area contributed by atoms with Gasteiger partial charge in [0, 0.05) is 19.7 Å². The highest BCUT2D eigenvalue weighted by atomic mass is 16.5. The van der Waals surface area contributed by atoms with Gasteiger partial charge in [-0.15, -0.1) is 0 Å². The molecule has 0 spiro atoms. The van der Waals surface area contributed by atoms with E-state index in [-0.39, 0.29) is 0 Å². The average molecular weight is 198 g/mol. The first kappa shape index (κ1) is 10.4. The molecule has 0 aromatic carbocycles. The van der Waals surface area contributed by atoms with Crippen molar-refractivity contribution in [3.05, 3.63) is 0 Å². The molecule has 0 N–H and O–H groups in total. The summed E-state index contributed by atoms with van der Waals surface area (Å²) in [6.45, 7) is 6.83. The predicted octanol–water partition coefficient (Wildman–Crippen LogP) is 1.85. The number of nitrogens with zero attached hydrogens (tertiary/aromatic N) is 2.